The third kappa shape index (κ3) is 5.78. The number of benzene rings is 1. The predicted octanol–water partition coefficient (Wildman–Crippen LogP) is 3.17. The second-order valence-electron chi connectivity index (χ2n) is 9.34. The van der Waals surface area contributed by atoms with Gasteiger partial charge in [0.25, 0.3) is 0 Å². The number of amides is 1. The molecule has 1 aromatic rings. The fraction of sp³-hybridized carbons (Fsp3) is 0.696. The fourth-order valence-corrected chi connectivity index (χ4v) is 6.08. The summed E-state index contributed by atoms with van der Waals surface area (Å²) < 4.78 is 58.8. The molecule has 4 aliphatic rings. The van der Waals surface area contributed by atoms with Gasteiger partial charge in [0.15, 0.2) is 11.6 Å². The number of hydrogen-bond acceptors (Lipinski definition) is 6. The highest BCUT2D eigenvalue weighted by Gasteiger charge is 2.44. The Balaban J connectivity index is 1.54. The average molecular weight is 485 g/mol. The zero-order valence-electron chi connectivity index (χ0n) is 19.2. The van der Waals surface area contributed by atoms with E-state index in [9.17, 15) is 13.2 Å². The van der Waals surface area contributed by atoms with Gasteiger partial charge >= 0.3 is 6.09 Å². The molecule has 4 bridgehead atoms. The molecule has 1 aliphatic carbocycles. The number of nitrogens with zero attached hydrogens (tertiary/aromatic N) is 1. The van der Waals surface area contributed by atoms with Gasteiger partial charge in [-0.1, -0.05) is 12.1 Å². The number of sulfonamides is 1. The minimum Gasteiger partial charge on any atom is -0.490 e. The SMILES string of the molecule is C[C@@H]1C[C@H](NS(C)(=O)=O)C2COC3CCC(CC3)c3cccc(c3F)OCCCOC(=O)N21. The summed E-state index contributed by atoms with van der Waals surface area (Å²) in [7, 11) is -3.45. The van der Waals surface area contributed by atoms with E-state index >= 15 is 4.39 Å². The van der Waals surface area contributed by atoms with Gasteiger partial charge in [-0.25, -0.2) is 22.3 Å². The smallest absolute Gasteiger partial charge is 0.410 e. The number of carbonyl (C=O) groups is 1. The number of hydrogen-bond donors (Lipinski definition) is 1. The lowest BCUT2D eigenvalue weighted by Crippen LogP contribution is -2.50. The highest BCUT2D eigenvalue weighted by atomic mass is 32.2. The van der Waals surface area contributed by atoms with Gasteiger partial charge in [-0.3, -0.25) is 4.90 Å². The van der Waals surface area contributed by atoms with Crippen molar-refractivity contribution in [3.05, 3.63) is 29.6 Å². The first kappa shape index (κ1) is 24.2. The van der Waals surface area contributed by atoms with Crippen LogP contribution < -0.4 is 9.46 Å². The van der Waals surface area contributed by atoms with E-state index in [1.165, 1.54) is 0 Å². The summed E-state index contributed by atoms with van der Waals surface area (Å²) >= 11 is 0. The van der Waals surface area contributed by atoms with E-state index in [1.54, 1.807) is 11.0 Å². The van der Waals surface area contributed by atoms with Crippen molar-refractivity contribution in [3.8, 4) is 5.75 Å². The van der Waals surface area contributed by atoms with Crippen molar-refractivity contribution in [1.29, 1.82) is 0 Å². The first-order chi connectivity index (χ1) is 15.7. The molecule has 0 spiro atoms. The largest absolute Gasteiger partial charge is 0.490 e. The monoisotopic (exact) mass is 484 g/mol. The van der Waals surface area contributed by atoms with E-state index in [-0.39, 0.29) is 49.5 Å². The lowest BCUT2D eigenvalue weighted by Gasteiger charge is -2.33. The molecule has 33 heavy (non-hydrogen) atoms. The van der Waals surface area contributed by atoms with Gasteiger partial charge in [0.05, 0.1) is 38.2 Å². The van der Waals surface area contributed by atoms with Gasteiger partial charge < -0.3 is 14.2 Å². The van der Waals surface area contributed by atoms with Gasteiger partial charge in [0.1, 0.15) is 0 Å². The molecular formula is C23H33FN2O6S. The Labute approximate surface area is 194 Å². The van der Waals surface area contributed by atoms with Crippen molar-refractivity contribution in [2.24, 2.45) is 0 Å². The molecule has 10 heteroatoms. The quantitative estimate of drug-likeness (QED) is 0.693. The molecule has 1 amide bonds. The van der Waals surface area contributed by atoms with E-state index in [4.69, 9.17) is 14.2 Å². The maximum atomic E-state index is 15.0. The molecule has 1 N–H and O–H groups in total. The van der Waals surface area contributed by atoms with Crippen LogP contribution in [0.2, 0.25) is 0 Å². The van der Waals surface area contributed by atoms with Crippen LogP contribution in [0, 0.1) is 5.82 Å². The average Bonchev–Trinajstić information content (AvgIpc) is 3.06. The molecule has 0 radical (unpaired) electrons. The van der Waals surface area contributed by atoms with Crippen LogP contribution in [0.15, 0.2) is 18.2 Å². The van der Waals surface area contributed by atoms with Gasteiger partial charge in [0, 0.05) is 18.5 Å². The van der Waals surface area contributed by atoms with E-state index in [2.05, 4.69) is 4.72 Å². The van der Waals surface area contributed by atoms with Crippen LogP contribution in [0.25, 0.3) is 0 Å². The Morgan fingerprint density at radius 3 is 2.58 bits per heavy atom. The molecule has 5 rings (SSSR count). The van der Waals surface area contributed by atoms with Crippen LogP contribution in [0.4, 0.5) is 9.18 Å². The highest BCUT2D eigenvalue weighted by molar-refractivity contribution is 7.88. The highest BCUT2D eigenvalue weighted by Crippen LogP contribution is 2.38. The van der Waals surface area contributed by atoms with Crippen LogP contribution in [-0.4, -0.2) is 69.7 Å². The number of rotatable bonds is 2. The summed E-state index contributed by atoms with van der Waals surface area (Å²) in [6.45, 7) is 2.44. The van der Waals surface area contributed by atoms with Crippen molar-refractivity contribution in [2.45, 2.75) is 75.6 Å². The van der Waals surface area contributed by atoms with Crippen LogP contribution in [0.3, 0.4) is 0 Å². The Kier molecular flexibility index (Phi) is 7.45. The van der Waals surface area contributed by atoms with Crippen molar-refractivity contribution in [2.75, 3.05) is 26.1 Å². The van der Waals surface area contributed by atoms with E-state index in [0.717, 1.165) is 31.9 Å². The number of fused-ring (bicyclic) bond motifs is 8. The molecular weight excluding hydrogens is 451 g/mol. The molecule has 1 aromatic carbocycles. The van der Waals surface area contributed by atoms with Gasteiger partial charge in [0.2, 0.25) is 10.0 Å². The molecule has 1 saturated carbocycles. The number of halogens is 1. The second-order valence-corrected chi connectivity index (χ2v) is 11.1. The van der Waals surface area contributed by atoms with Gasteiger partial charge in [-0.2, -0.15) is 0 Å². The molecule has 184 valence electrons. The first-order valence-corrected chi connectivity index (χ1v) is 13.6. The number of ether oxygens (including phenoxy) is 3. The molecule has 0 aromatic heterocycles. The van der Waals surface area contributed by atoms with Crippen molar-refractivity contribution in [1.82, 2.24) is 9.62 Å². The second kappa shape index (κ2) is 10.1. The topological polar surface area (TPSA) is 94.2 Å². The van der Waals surface area contributed by atoms with Crippen LogP contribution in [0.5, 0.6) is 5.75 Å². The third-order valence-corrected chi connectivity index (χ3v) is 7.58. The number of carbonyl (C=O) groups excluding carboxylic acids is 1. The van der Waals surface area contributed by atoms with Crippen molar-refractivity contribution < 1.29 is 31.8 Å². The molecule has 2 fully saturated rings. The lowest BCUT2D eigenvalue weighted by atomic mass is 9.82. The molecule has 1 saturated heterocycles. The molecule has 3 aliphatic heterocycles. The predicted molar refractivity (Wildman–Crippen MR) is 120 cm³/mol. The lowest BCUT2D eigenvalue weighted by molar-refractivity contribution is -0.0106. The third-order valence-electron chi connectivity index (χ3n) is 6.85. The standard InChI is InChI=1S/C23H33FN2O6S/c1-15-13-19(25-33(2,28)29)20-14-32-17-9-7-16(8-10-17)18-5-3-6-21(22(18)24)30-11-4-12-31-23(27)26(15)20/h3,5-6,15-17,19-20,25H,4,7-14H2,1-2H3/t15-,16?,17?,19+,20?/m1/s1. The summed E-state index contributed by atoms with van der Waals surface area (Å²) in [6.07, 6.45) is 4.62. The summed E-state index contributed by atoms with van der Waals surface area (Å²) in [5, 5.41) is 0. The Morgan fingerprint density at radius 2 is 1.85 bits per heavy atom. The maximum Gasteiger partial charge on any atom is 0.410 e. The summed E-state index contributed by atoms with van der Waals surface area (Å²) in [6, 6.07) is 4.16. The maximum absolute atomic E-state index is 15.0. The summed E-state index contributed by atoms with van der Waals surface area (Å²) in [5.41, 5.74) is 0.676. The van der Waals surface area contributed by atoms with Gasteiger partial charge in [-0.05, 0) is 56.6 Å². The fourth-order valence-electron chi connectivity index (χ4n) is 5.28. The summed E-state index contributed by atoms with van der Waals surface area (Å²) in [4.78, 5) is 14.5. The van der Waals surface area contributed by atoms with Crippen molar-refractivity contribution in [3.63, 3.8) is 0 Å². The number of nitrogens with one attached hydrogen (secondary N) is 1. The zero-order chi connectivity index (χ0) is 23.6. The van der Waals surface area contributed by atoms with Crippen molar-refractivity contribution >= 4 is 16.1 Å². The molecule has 1 unspecified atom stereocenters. The normalized spacial score (nSPS) is 31.4. The molecule has 3 atom stereocenters. The Hall–Kier alpha value is -1.91. The van der Waals surface area contributed by atoms with Crippen LogP contribution in [-0.2, 0) is 19.5 Å². The first-order valence-electron chi connectivity index (χ1n) is 11.7. The minimum absolute atomic E-state index is 0.0212. The molecule has 3 heterocycles. The minimum atomic E-state index is -3.45. The van der Waals surface area contributed by atoms with E-state index < -0.39 is 28.2 Å². The zero-order valence-corrected chi connectivity index (χ0v) is 20.0. The van der Waals surface area contributed by atoms with Crippen LogP contribution >= 0.6 is 0 Å². The Bertz CT molecular complexity index is 950. The van der Waals surface area contributed by atoms with Gasteiger partial charge in [-0.15, -0.1) is 0 Å². The Morgan fingerprint density at radius 1 is 1.12 bits per heavy atom. The van der Waals surface area contributed by atoms with Crippen LogP contribution in [0.1, 0.15) is 56.9 Å². The van der Waals surface area contributed by atoms with E-state index in [1.807, 2.05) is 19.1 Å². The van der Waals surface area contributed by atoms with E-state index in [0.29, 0.717) is 18.4 Å². The summed E-state index contributed by atoms with van der Waals surface area (Å²) in [5.74, 6) is 0.0217. The molecule has 8 nitrogen and oxygen atoms in total.